The molecule has 0 fully saturated rings. The Labute approximate surface area is 105 Å². The summed E-state index contributed by atoms with van der Waals surface area (Å²) < 4.78 is 0. The van der Waals surface area contributed by atoms with Crippen LogP contribution in [0.25, 0.3) is 0 Å². The van der Waals surface area contributed by atoms with Crippen LogP contribution in [0.5, 0.6) is 0 Å². The molecule has 2 N–H and O–H groups in total. The number of nitrogens with one attached hydrogen (secondary N) is 2. The van der Waals surface area contributed by atoms with Crippen LogP contribution in [0, 0.1) is 5.41 Å². The number of amides is 2. The van der Waals surface area contributed by atoms with Gasteiger partial charge in [-0.3, -0.25) is 9.59 Å². The topological polar surface area (TPSA) is 58.2 Å². The Hall–Kier alpha value is -1.06. The largest absolute Gasteiger partial charge is 0.355 e. The zero-order valence-electron chi connectivity index (χ0n) is 11.7. The van der Waals surface area contributed by atoms with Crippen molar-refractivity contribution in [2.24, 2.45) is 5.41 Å². The third-order valence-corrected chi connectivity index (χ3v) is 2.67. The number of carbonyl (C=O) groups is 2. The minimum Gasteiger partial charge on any atom is -0.355 e. The van der Waals surface area contributed by atoms with Gasteiger partial charge in [0, 0.05) is 24.4 Å². The molecular weight excluding hydrogens is 216 g/mol. The molecule has 0 saturated heterocycles. The van der Waals surface area contributed by atoms with E-state index in [9.17, 15) is 9.59 Å². The summed E-state index contributed by atoms with van der Waals surface area (Å²) in [6.07, 6.45) is 2.23. The molecule has 0 aromatic carbocycles. The lowest BCUT2D eigenvalue weighted by Gasteiger charge is -2.18. The highest BCUT2D eigenvalue weighted by Crippen LogP contribution is 2.12. The van der Waals surface area contributed by atoms with E-state index in [2.05, 4.69) is 24.5 Å². The number of hydrogen-bond donors (Lipinski definition) is 2. The van der Waals surface area contributed by atoms with E-state index >= 15 is 0 Å². The minimum atomic E-state index is -0.397. The zero-order valence-corrected chi connectivity index (χ0v) is 11.7. The molecule has 4 nitrogen and oxygen atoms in total. The summed E-state index contributed by atoms with van der Waals surface area (Å²) in [4.78, 5) is 23.1. The number of hydrogen-bond acceptors (Lipinski definition) is 2. The SMILES string of the molecule is CCC(CC)NC(=O)CCNC(=O)C(C)(C)C. The van der Waals surface area contributed by atoms with Crippen molar-refractivity contribution in [2.75, 3.05) is 6.54 Å². The predicted octanol–water partition coefficient (Wildman–Crippen LogP) is 1.84. The van der Waals surface area contributed by atoms with E-state index in [1.165, 1.54) is 0 Å². The Morgan fingerprint density at radius 1 is 1.12 bits per heavy atom. The van der Waals surface area contributed by atoms with Crippen molar-refractivity contribution in [3.05, 3.63) is 0 Å². The van der Waals surface area contributed by atoms with Crippen LogP contribution in [-0.2, 0) is 9.59 Å². The molecule has 100 valence electrons. The maximum absolute atomic E-state index is 11.5. The first kappa shape index (κ1) is 15.9. The molecule has 0 rings (SSSR count). The molecule has 0 radical (unpaired) electrons. The summed E-state index contributed by atoms with van der Waals surface area (Å²) in [5, 5.41) is 5.70. The first-order valence-corrected chi connectivity index (χ1v) is 6.38. The predicted molar refractivity (Wildman–Crippen MR) is 69.6 cm³/mol. The lowest BCUT2D eigenvalue weighted by atomic mass is 9.96. The molecule has 0 heterocycles. The van der Waals surface area contributed by atoms with Gasteiger partial charge in [0.25, 0.3) is 0 Å². The van der Waals surface area contributed by atoms with Crippen LogP contribution in [0.15, 0.2) is 0 Å². The molecular formula is C13H26N2O2. The lowest BCUT2D eigenvalue weighted by Crippen LogP contribution is -2.39. The molecule has 0 aromatic rings. The van der Waals surface area contributed by atoms with Crippen molar-refractivity contribution in [1.82, 2.24) is 10.6 Å². The fraction of sp³-hybridized carbons (Fsp3) is 0.846. The maximum atomic E-state index is 11.5. The van der Waals surface area contributed by atoms with Crippen LogP contribution in [-0.4, -0.2) is 24.4 Å². The van der Waals surface area contributed by atoms with Gasteiger partial charge in [0.05, 0.1) is 0 Å². The molecule has 17 heavy (non-hydrogen) atoms. The third-order valence-electron chi connectivity index (χ3n) is 2.67. The highest BCUT2D eigenvalue weighted by atomic mass is 16.2. The van der Waals surface area contributed by atoms with Gasteiger partial charge >= 0.3 is 0 Å². The van der Waals surface area contributed by atoms with Gasteiger partial charge in [0.2, 0.25) is 11.8 Å². The van der Waals surface area contributed by atoms with E-state index in [0.29, 0.717) is 13.0 Å². The molecule has 0 unspecified atom stereocenters. The van der Waals surface area contributed by atoms with Gasteiger partial charge in [-0.2, -0.15) is 0 Å². The minimum absolute atomic E-state index is 0.00732. The lowest BCUT2D eigenvalue weighted by molar-refractivity contribution is -0.128. The van der Waals surface area contributed by atoms with E-state index in [1.807, 2.05) is 20.8 Å². The van der Waals surface area contributed by atoms with E-state index in [0.717, 1.165) is 12.8 Å². The normalized spacial score (nSPS) is 11.4. The summed E-state index contributed by atoms with van der Waals surface area (Å²) in [6, 6.07) is 0.251. The van der Waals surface area contributed by atoms with Gasteiger partial charge in [-0.15, -0.1) is 0 Å². The van der Waals surface area contributed by atoms with Crippen LogP contribution in [0.2, 0.25) is 0 Å². The number of rotatable bonds is 6. The fourth-order valence-corrected chi connectivity index (χ4v) is 1.35. The first-order chi connectivity index (χ1) is 7.81. The second kappa shape index (κ2) is 7.30. The zero-order chi connectivity index (χ0) is 13.5. The van der Waals surface area contributed by atoms with Crippen molar-refractivity contribution < 1.29 is 9.59 Å². The van der Waals surface area contributed by atoms with Crippen molar-refractivity contribution in [1.29, 1.82) is 0 Å². The van der Waals surface area contributed by atoms with Crippen molar-refractivity contribution in [3.63, 3.8) is 0 Å². The second-order valence-corrected chi connectivity index (χ2v) is 5.34. The summed E-state index contributed by atoms with van der Waals surface area (Å²) in [5.74, 6) is -0.0132. The Morgan fingerprint density at radius 3 is 2.06 bits per heavy atom. The fourth-order valence-electron chi connectivity index (χ4n) is 1.35. The summed E-state index contributed by atoms with van der Waals surface area (Å²) >= 11 is 0. The van der Waals surface area contributed by atoms with Crippen LogP contribution >= 0.6 is 0 Å². The quantitative estimate of drug-likeness (QED) is 0.746. The van der Waals surface area contributed by atoms with Gasteiger partial charge in [-0.1, -0.05) is 34.6 Å². The molecule has 0 atom stereocenters. The number of carbonyl (C=O) groups excluding carboxylic acids is 2. The average molecular weight is 242 g/mol. The van der Waals surface area contributed by atoms with Gasteiger partial charge < -0.3 is 10.6 Å². The molecule has 0 spiro atoms. The Kier molecular flexibility index (Phi) is 6.85. The summed E-state index contributed by atoms with van der Waals surface area (Å²) in [6.45, 7) is 10.1. The monoisotopic (exact) mass is 242 g/mol. The molecule has 0 aliphatic rings. The van der Waals surface area contributed by atoms with Crippen molar-refractivity contribution in [2.45, 2.75) is 59.9 Å². The average Bonchev–Trinajstić information content (AvgIpc) is 2.24. The van der Waals surface area contributed by atoms with Crippen LogP contribution in [0.1, 0.15) is 53.9 Å². The maximum Gasteiger partial charge on any atom is 0.225 e. The van der Waals surface area contributed by atoms with Gasteiger partial charge in [-0.05, 0) is 12.8 Å². The Bertz CT molecular complexity index is 253. The Morgan fingerprint density at radius 2 is 1.65 bits per heavy atom. The van der Waals surface area contributed by atoms with Gasteiger partial charge in [0.1, 0.15) is 0 Å². The second-order valence-electron chi connectivity index (χ2n) is 5.34. The van der Waals surface area contributed by atoms with Crippen LogP contribution in [0.3, 0.4) is 0 Å². The third kappa shape index (κ3) is 6.97. The van der Waals surface area contributed by atoms with E-state index < -0.39 is 5.41 Å². The highest BCUT2D eigenvalue weighted by molar-refractivity contribution is 5.82. The molecule has 4 heteroatoms. The molecule has 0 aliphatic carbocycles. The standard InChI is InChI=1S/C13H26N2O2/c1-6-10(7-2)15-11(16)8-9-14-12(17)13(3,4)5/h10H,6-9H2,1-5H3,(H,14,17)(H,15,16). The highest BCUT2D eigenvalue weighted by Gasteiger charge is 2.20. The van der Waals surface area contributed by atoms with Crippen LogP contribution < -0.4 is 10.6 Å². The van der Waals surface area contributed by atoms with Gasteiger partial charge in [0.15, 0.2) is 0 Å². The Balaban J connectivity index is 3.83. The molecule has 0 aliphatic heterocycles. The molecule has 0 bridgehead atoms. The van der Waals surface area contributed by atoms with Crippen LogP contribution in [0.4, 0.5) is 0 Å². The van der Waals surface area contributed by atoms with E-state index in [1.54, 1.807) is 0 Å². The van der Waals surface area contributed by atoms with Crippen molar-refractivity contribution in [3.8, 4) is 0 Å². The van der Waals surface area contributed by atoms with E-state index in [4.69, 9.17) is 0 Å². The molecule has 0 saturated carbocycles. The van der Waals surface area contributed by atoms with E-state index in [-0.39, 0.29) is 17.9 Å². The van der Waals surface area contributed by atoms with Crippen molar-refractivity contribution >= 4 is 11.8 Å². The molecule has 2 amide bonds. The molecule has 0 aromatic heterocycles. The van der Waals surface area contributed by atoms with Gasteiger partial charge in [-0.25, -0.2) is 0 Å². The first-order valence-electron chi connectivity index (χ1n) is 6.38. The summed E-state index contributed by atoms with van der Waals surface area (Å²) in [5.41, 5.74) is -0.397. The summed E-state index contributed by atoms with van der Waals surface area (Å²) in [7, 11) is 0. The smallest absolute Gasteiger partial charge is 0.225 e.